The number of carbonyl (C=O) groups is 1. The number of hydrogen-bond donors (Lipinski definition) is 1. The quantitative estimate of drug-likeness (QED) is 0.857. The Morgan fingerprint density at radius 3 is 2.29 bits per heavy atom. The van der Waals surface area contributed by atoms with Crippen LogP contribution in [0.2, 0.25) is 5.02 Å². The van der Waals surface area contributed by atoms with Gasteiger partial charge in [0.25, 0.3) is 0 Å². The zero-order valence-corrected chi connectivity index (χ0v) is 13.1. The second kappa shape index (κ2) is 6.64. The molecular formula is C17H18ClNO2. The van der Waals surface area contributed by atoms with Crippen molar-refractivity contribution in [3.05, 3.63) is 64.2 Å². The molecule has 0 aliphatic heterocycles. The molecule has 0 saturated carbocycles. The monoisotopic (exact) mass is 303 g/mol. The molecule has 0 heterocycles. The van der Waals surface area contributed by atoms with Gasteiger partial charge in [-0.1, -0.05) is 41.9 Å². The average molecular weight is 304 g/mol. The number of anilines is 1. The first-order valence-electron chi connectivity index (χ1n) is 6.69. The van der Waals surface area contributed by atoms with Gasteiger partial charge in [-0.05, 0) is 42.7 Å². The van der Waals surface area contributed by atoms with Crippen molar-refractivity contribution < 1.29 is 9.53 Å². The fourth-order valence-electron chi connectivity index (χ4n) is 2.38. The summed E-state index contributed by atoms with van der Waals surface area (Å²) in [6.45, 7) is 3.96. The average Bonchev–Trinajstić information content (AvgIpc) is 2.47. The van der Waals surface area contributed by atoms with Crippen molar-refractivity contribution in [1.29, 1.82) is 0 Å². The number of carbonyl (C=O) groups excluding carboxylic acids is 1. The Hall–Kier alpha value is -2.00. The fraction of sp³-hybridized carbons (Fsp3) is 0.235. The first-order chi connectivity index (χ1) is 10.0. The molecule has 0 spiro atoms. The summed E-state index contributed by atoms with van der Waals surface area (Å²) in [6.07, 6.45) is 0. The lowest BCUT2D eigenvalue weighted by atomic mass is 9.96. The molecule has 21 heavy (non-hydrogen) atoms. The van der Waals surface area contributed by atoms with Gasteiger partial charge in [-0.15, -0.1) is 0 Å². The molecule has 2 aromatic rings. The van der Waals surface area contributed by atoms with Gasteiger partial charge in [0.05, 0.1) is 17.8 Å². The van der Waals surface area contributed by atoms with Gasteiger partial charge < -0.3 is 10.1 Å². The zero-order chi connectivity index (χ0) is 15.4. The van der Waals surface area contributed by atoms with Crippen LogP contribution in [-0.2, 0) is 9.53 Å². The minimum absolute atomic E-state index is 0.340. The molecule has 0 aromatic heterocycles. The topological polar surface area (TPSA) is 38.3 Å². The summed E-state index contributed by atoms with van der Waals surface area (Å²) in [7, 11) is 1.39. The summed E-state index contributed by atoms with van der Waals surface area (Å²) >= 11 is 6.17. The maximum absolute atomic E-state index is 12.2. The first-order valence-corrected chi connectivity index (χ1v) is 7.07. The molecule has 0 saturated heterocycles. The smallest absolute Gasteiger partial charge is 0.333 e. The predicted octanol–water partition coefficient (Wildman–Crippen LogP) is 4.28. The van der Waals surface area contributed by atoms with Crippen LogP contribution >= 0.6 is 11.6 Å². The molecule has 3 nitrogen and oxygen atoms in total. The molecule has 0 aliphatic carbocycles. The number of para-hydroxylation sites is 1. The standard InChI is InChI=1S/C17H18ClNO2/c1-11-7-6-8-12(2)15(11)16(17(20)21-3)19-14-10-5-4-9-13(14)18/h4-10,16,19H,1-3H3. The number of methoxy groups -OCH3 is 1. The largest absolute Gasteiger partial charge is 0.467 e. The molecule has 1 atom stereocenters. The summed E-state index contributed by atoms with van der Waals surface area (Å²) in [5.74, 6) is -0.340. The molecule has 2 aromatic carbocycles. The number of ether oxygens (including phenoxy) is 1. The van der Waals surface area contributed by atoms with Gasteiger partial charge in [0.2, 0.25) is 0 Å². The summed E-state index contributed by atoms with van der Waals surface area (Å²) in [5, 5.41) is 3.76. The Morgan fingerprint density at radius 1 is 1.10 bits per heavy atom. The highest BCUT2D eigenvalue weighted by Gasteiger charge is 2.25. The summed E-state index contributed by atoms with van der Waals surface area (Å²) in [4.78, 5) is 12.2. The van der Waals surface area contributed by atoms with E-state index in [1.54, 1.807) is 6.07 Å². The van der Waals surface area contributed by atoms with Crippen LogP contribution in [0.1, 0.15) is 22.7 Å². The molecule has 0 aliphatic rings. The minimum Gasteiger partial charge on any atom is -0.467 e. The third-order valence-corrected chi connectivity index (χ3v) is 3.77. The number of benzene rings is 2. The van der Waals surface area contributed by atoms with Gasteiger partial charge in [0.1, 0.15) is 0 Å². The van der Waals surface area contributed by atoms with Crippen molar-refractivity contribution in [2.75, 3.05) is 12.4 Å². The first kappa shape index (κ1) is 15.4. The van der Waals surface area contributed by atoms with Crippen LogP contribution in [-0.4, -0.2) is 13.1 Å². The molecule has 2 rings (SSSR count). The lowest BCUT2D eigenvalue weighted by molar-refractivity contribution is -0.141. The Kier molecular flexibility index (Phi) is 4.86. The van der Waals surface area contributed by atoms with Crippen LogP contribution in [0, 0.1) is 13.8 Å². The molecular weight excluding hydrogens is 286 g/mol. The van der Waals surface area contributed by atoms with E-state index in [1.165, 1.54) is 7.11 Å². The number of rotatable bonds is 4. The van der Waals surface area contributed by atoms with Crippen molar-refractivity contribution >= 4 is 23.3 Å². The molecule has 0 radical (unpaired) electrons. The normalized spacial score (nSPS) is 11.8. The Morgan fingerprint density at radius 2 is 1.71 bits per heavy atom. The van der Waals surface area contributed by atoms with E-state index >= 15 is 0 Å². The van der Waals surface area contributed by atoms with Gasteiger partial charge in [-0.2, -0.15) is 0 Å². The van der Waals surface area contributed by atoms with Gasteiger partial charge >= 0.3 is 5.97 Å². The van der Waals surface area contributed by atoms with E-state index in [0.29, 0.717) is 10.7 Å². The van der Waals surface area contributed by atoms with E-state index in [9.17, 15) is 4.79 Å². The van der Waals surface area contributed by atoms with Crippen LogP contribution < -0.4 is 5.32 Å². The summed E-state index contributed by atoms with van der Waals surface area (Å²) < 4.78 is 4.94. The SMILES string of the molecule is COC(=O)C(Nc1ccccc1Cl)c1c(C)cccc1C. The fourth-order valence-corrected chi connectivity index (χ4v) is 2.57. The number of hydrogen-bond acceptors (Lipinski definition) is 3. The maximum Gasteiger partial charge on any atom is 0.333 e. The van der Waals surface area contributed by atoms with E-state index in [0.717, 1.165) is 16.7 Å². The van der Waals surface area contributed by atoms with Crippen LogP contribution in [0.15, 0.2) is 42.5 Å². The van der Waals surface area contributed by atoms with Crippen LogP contribution in [0.3, 0.4) is 0 Å². The van der Waals surface area contributed by atoms with Crippen LogP contribution in [0.4, 0.5) is 5.69 Å². The summed E-state index contributed by atoms with van der Waals surface area (Å²) in [5.41, 5.74) is 3.69. The van der Waals surface area contributed by atoms with E-state index in [1.807, 2.05) is 50.2 Å². The third kappa shape index (κ3) is 3.37. The Labute approximate surface area is 129 Å². The molecule has 1 unspecified atom stereocenters. The second-order valence-corrected chi connectivity index (χ2v) is 5.29. The lowest BCUT2D eigenvalue weighted by Crippen LogP contribution is -2.24. The molecule has 0 fully saturated rings. The Balaban J connectivity index is 2.45. The highest BCUT2D eigenvalue weighted by Crippen LogP contribution is 2.30. The molecule has 1 N–H and O–H groups in total. The van der Waals surface area contributed by atoms with Gasteiger partial charge in [0, 0.05) is 0 Å². The predicted molar refractivity (Wildman–Crippen MR) is 85.7 cm³/mol. The van der Waals surface area contributed by atoms with E-state index in [2.05, 4.69) is 5.32 Å². The zero-order valence-electron chi connectivity index (χ0n) is 12.3. The van der Waals surface area contributed by atoms with E-state index < -0.39 is 6.04 Å². The van der Waals surface area contributed by atoms with Gasteiger partial charge in [-0.25, -0.2) is 4.79 Å². The van der Waals surface area contributed by atoms with Crippen molar-refractivity contribution in [3.63, 3.8) is 0 Å². The highest BCUT2D eigenvalue weighted by atomic mass is 35.5. The van der Waals surface area contributed by atoms with E-state index in [4.69, 9.17) is 16.3 Å². The van der Waals surface area contributed by atoms with E-state index in [-0.39, 0.29) is 5.97 Å². The van der Waals surface area contributed by atoms with Gasteiger partial charge in [-0.3, -0.25) is 0 Å². The number of nitrogens with one attached hydrogen (secondary N) is 1. The van der Waals surface area contributed by atoms with Crippen molar-refractivity contribution in [2.45, 2.75) is 19.9 Å². The van der Waals surface area contributed by atoms with Crippen molar-refractivity contribution in [1.82, 2.24) is 0 Å². The third-order valence-electron chi connectivity index (χ3n) is 3.44. The van der Waals surface area contributed by atoms with Crippen LogP contribution in [0.5, 0.6) is 0 Å². The summed E-state index contributed by atoms with van der Waals surface area (Å²) in [6, 6.07) is 12.7. The number of halogens is 1. The molecule has 0 bridgehead atoms. The molecule has 110 valence electrons. The van der Waals surface area contributed by atoms with Crippen molar-refractivity contribution in [2.24, 2.45) is 0 Å². The van der Waals surface area contributed by atoms with Crippen LogP contribution in [0.25, 0.3) is 0 Å². The van der Waals surface area contributed by atoms with Gasteiger partial charge in [0.15, 0.2) is 6.04 Å². The number of esters is 1. The van der Waals surface area contributed by atoms with Crippen molar-refractivity contribution in [3.8, 4) is 0 Å². The second-order valence-electron chi connectivity index (χ2n) is 4.89. The molecule has 0 amide bonds. The minimum atomic E-state index is -0.587. The Bertz CT molecular complexity index is 635. The molecule has 4 heteroatoms. The number of aryl methyl sites for hydroxylation is 2. The lowest BCUT2D eigenvalue weighted by Gasteiger charge is -2.22. The maximum atomic E-state index is 12.2. The highest BCUT2D eigenvalue weighted by molar-refractivity contribution is 6.33.